The zero-order valence-electron chi connectivity index (χ0n) is 15.8. The molecule has 0 unspecified atom stereocenters. The predicted molar refractivity (Wildman–Crippen MR) is 109 cm³/mol. The van der Waals surface area contributed by atoms with E-state index in [1.54, 1.807) is 0 Å². The van der Waals surface area contributed by atoms with Gasteiger partial charge in [0.1, 0.15) is 0 Å². The summed E-state index contributed by atoms with van der Waals surface area (Å²) in [7, 11) is 4.31. The van der Waals surface area contributed by atoms with Gasteiger partial charge in [-0.05, 0) is 76.1 Å². The van der Waals surface area contributed by atoms with Gasteiger partial charge in [0.2, 0.25) is 0 Å². The number of hydrogen-bond acceptors (Lipinski definition) is 4. The Bertz CT molecular complexity index is 257. The minimum Gasteiger partial charge on any atom is -0.396 e. The quantitative estimate of drug-likeness (QED) is 0.536. The molecule has 0 aromatic heterocycles. The van der Waals surface area contributed by atoms with Gasteiger partial charge in [-0.2, -0.15) is 0 Å². The molecule has 5 heteroatoms. The largest absolute Gasteiger partial charge is 0.396 e. The van der Waals surface area contributed by atoms with E-state index in [1.165, 1.54) is 49.7 Å². The highest BCUT2D eigenvalue weighted by Gasteiger charge is 2.16. The van der Waals surface area contributed by atoms with Crippen molar-refractivity contribution in [3.63, 3.8) is 0 Å². The molecule has 0 aromatic rings. The van der Waals surface area contributed by atoms with Gasteiger partial charge in [-0.25, -0.2) is 0 Å². The fourth-order valence-electron chi connectivity index (χ4n) is 3.12. The number of piperidine rings is 2. The van der Waals surface area contributed by atoms with Crippen LogP contribution in [0.1, 0.15) is 39.5 Å². The van der Waals surface area contributed by atoms with Crippen LogP contribution >= 0.6 is 22.6 Å². The Labute approximate surface area is 158 Å². The molecule has 0 aromatic carbocycles. The third-order valence-corrected chi connectivity index (χ3v) is 4.26. The van der Waals surface area contributed by atoms with Crippen molar-refractivity contribution >= 4 is 22.6 Å². The van der Waals surface area contributed by atoms with Crippen molar-refractivity contribution in [2.45, 2.75) is 39.5 Å². The van der Waals surface area contributed by atoms with Crippen LogP contribution < -0.4 is 0 Å². The number of ether oxygens (including phenoxy) is 1. The van der Waals surface area contributed by atoms with Gasteiger partial charge in [0.15, 0.2) is 0 Å². The van der Waals surface area contributed by atoms with E-state index in [-0.39, 0.29) is 0 Å². The average molecular weight is 442 g/mol. The molecule has 0 bridgehead atoms. The number of aliphatic hydroxyl groups is 1. The van der Waals surface area contributed by atoms with Gasteiger partial charge in [-0.1, -0.05) is 29.5 Å². The second-order valence-corrected chi connectivity index (χ2v) is 8.18. The molecular formula is C18H39IN2O2. The molecule has 0 radical (unpaired) electrons. The molecule has 2 atom stereocenters. The molecule has 23 heavy (non-hydrogen) atoms. The predicted octanol–water partition coefficient (Wildman–Crippen LogP) is 3.13. The standard InChI is InChI=1S/C9H19NO.C7H15NO.C2H5I/c1-3-11-8-9-5-4-6-10(2)7-9;1-8-4-2-3-7(5-8)6-9;1-2-3/h9H,3-8H2,1-2H3;7,9H,2-6H2,1H3;2H2,1H3/t9-;7-;/m11./s1. The van der Waals surface area contributed by atoms with E-state index < -0.39 is 0 Å². The first-order chi connectivity index (χ1) is 11.1. The van der Waals surface area contributed by atoms with Crippen molar-refractivity contribution in [3.8, 4) is 0 Å². The first-order valence-electron chi connectivity index (χ1n) is 9.18. The summed E-state index contributed by atoms with van der Waals surface area (Å²) < 4.78 is 6.61. The Kier molecular flexibility index (Phi) is 16.5. The molecule has 2 heterocycles. The summed E-state index contributed by atoms with van der Waals surface area (Å²) in [5, 5.41) is 8.78. The van der Waals surface area contributed by atoms with Gasteiger partial charge in [0.05, 0.1) is 6.61 Å². The molecule has 0 amide bonds. The lowest BCUT2D eigenvalue weighted by atomic mass is 10.00. The Morgan fingerprint density at radius 2 is 1.48 bits per heavy atom. The van der Waals surface area contributed by atoms with E-state index in [4.69, 9.17) is 9.84 Å². The lowest BCUT2D eigenvalue weighted by Crippen LogP contribution is -2.34. The van der Waals surface area contributed by atoms with Crippen LogP contribution in [0.2, 0.25) is 0 Å². The van der Waals surface area contributed by atoms with Crippen LogP contribution in [0, 0.1) is 11.8 Å². The van der Waals surface area contributed by atoms with Crippen molar-refractivity contribution in [1.29, 1.82) is 0 Å². The third-order valence-electron chi connectivity index (χ3n) is 4.26. The Hall–Kier alpha value is 0.570. The van der Waals surface area contributed by atoms with Crippen molar-refractivity contribution in [1.82, 2.24) is 9.80 Å². The Balaban J connectivity index is 0.000000365. The monoisotopic (exact) mass is 442 g/mol. The van der Waals surface area contributed by atoms with Gasteiger partial charge < -0.3 is 19.6 Å². The summed E-state index contributed by atoms with van der Waals surface area (Å²) in [6, 6.07) is 0. The van der Waals surface area contributed by atoms with Crippen LogP contribution in [0.4, 0.5) is 0 Å². The summed E-state index contributed by atoms with van der Waals surface area (Å²) in [4.78, 5) is 4.68. The second-order valence-electron chi connectivity index (χ2n) is 6.65. The number of hydrogen-bond donors (Lipinski definition) is 1. The SMILES string of the molecule is CCI.CCOC[C@@H]1CCCN(C)C1.CN1CCC[C@@H](CO)C1. The fraction of sp³-hybridized carbons (Fsp3) is 1.00. The van der Waals surface area contributed by atoms with Gasteiger partial charge in [0, 0.05) is 26.3 Å². The van der Waals surface area contributed by atoms with E-state index >= 15 is 0 Å². The Morgan fingerprint density at radius 3 is 1.87 bits per heavy atom. The highest BCUT2D eigenvalue weighted by molar-refractivity contribution is 14.1. The first kappa shape index (κ1) is 23.6. The molecule has 2 rings (SSSR count). The van der Waals surface area contributed by atoms with Gasteiger partial charge in [0.25, 0.3) is 0 Å². The summed E-state index contributed by atoms with van der Waals surface area (Å²) in [6.45, 7) is 11.1. The molecule has 1 N–H and O–H groups in total. The minimum atomic E-state index is 0.365. The van der Waals surface area contributed by atoms with Crippen molar-refractivity contribution in [3.05, 3.63) is 0 Å². The fourth-order valence-corrected chi connectivity index (χ4v) is 3.12. The van der Waals surface area contributed by atoms with Crippen LogP contribution in [0.5, 0.6) is 0 Å². The topological polar surface area (TPSA) is 35.9 Å². The van der Waals surface area contributed by atoms with Crippen LogP contribution in [-0.2, 0) is 4.74 Å². The zero-order chi connectivity index (χ0) is 17.5. The first-order valence-corrected chi connectivity index (χ1v) is 10.7. The molecule has 4 nitrogen and oxygen atoms in total. The molecule has 2 aliphatic rings. The maximum atomic E-state index is 8.78. The smallest absolute Gasteiger partial charge is 0.0506 e. The number of alkyl halides is 1. The van der Waals surface area contributed by atoms with Gasteiger partial charge in [-0.3, -0.25) is 0 Å². The van der Waals surface area contributed by atoms with Crippen molar-refractivity contribution in [2.24, 2.45) is 11.8 Å². The van der Waals surface area contributed by atoms with Crippen molar-refractivity contribution in [2.75, 3.05) is 64.5 Å². The minimum absolute atomic E-state index is 0.365. The summed E-state index contributed by atoms with van der Waals surface area (Å²) in [6.07, 6.45) is 5.15. The molecule has 0 saturated carbocycles. The molecule has 2 aliphatic heterocycles. The van der Waals surface area contributed by atoms with Crippen molar-refractivity contribution < 1.29 is 9.84 Å². The van der Waals surface area contributed by atoms with E-state index in [1.807, 2.05) is 0 Å². The normalized spacial score (nSPS) is 25.8. The molecule has 2 fully saturated rings. The van der Waals surface area contributed by atoms with Gasteiger partial charge >= 0.3 is 0 Å². The number of aliphatic hydroxyl groups excluding tert-OH is 1. The summed E-state index contributed by atoms with van der Waals surface area (Å²) in [5.41, 5.74) is 0. The van der Waals surface area contributed by atoms with Crippen LogP contribution in [-0.4, -0.2) is 79.4 Å². The maximum absolute atomic E-state index is 8.78. The lowest BCUT2D eigenvalue weighted by Gasteiger charge is -2.29. The molecule has 140 valence electrons. The number of halogens is 1. The second kappa shape index (κ2) is 16.1. The maximum Gasteiger partial charge on any atom is 0.0506 e. The zero-order valence-corrected chi connectivity index (χ0v) is 17.9. The number of rotatable bonds is 4. The lowest BCUT2D eigenvalue weighted by molar-refractivity contribution is 0.0749. The summed E-state index contributed by atoms with van der Waals surface area (Å²) >= 11 is 2.29. The molecular weight excluding hydrogens is 403 g/mol. The number of likely N-dealkylation sites (tertiary alicyclic amines) is 2. The molecule has 0 aliphatic carbocycles. The third kappa shape index (κ3) is 13.5. The highest BCUT2D eigenvalue weighted by atomic mass is 127. The highest BCUT2D eigenvalue weighted by Crippen LogP contribution is 2.15. The average Bonchev–Trinajstić information content (AvgIpc) is 2.54. The van der Waals surface area contributed by atoms with E-state index in [2.05, 4.69) is 60.3 Å². The summed E-state index contributed by atoms with van der Waals surface area (Å²) in [5.74, 6) is 1.33. The van der Waals surface area contributed by atoms with Crippen LogP contribution in [0.25, 0.3) is 0 Å². The van der Waals surface area contributed by atoms with E-state index in [9.17, 15) is 0 Å². The van der Waals surface area contributed by atoms with Crippen LogP contribution in [0.15, 0.2) is 0 Å². The van der Waals surface area contributed by atoms with Gasteiger partial charge in [-0.15, -0.1) is 0 Å². The van der Waals surface area contributed by atoms with E-state index in [0.717, 1.165) is 25.7 Å². The van der Waals surface area contributed by atoms with E-state index in [0.29, 0.717) is 12.5 Å². The number of nitrogens with zero attached hydrogens (tertiary/aromatic N) is 2. The van der Waals surface area contributed by atoms with Crippen LogP contribution in [0.3, 0.4) is 0 Å². The Morgan fingerprint density at radius 1 is 1.00 bits per heavy atom. The molecule has 2 saturated heterocycles. The molecule has 0 spiro atoms.